The number of carbonyl (C=O) groups is 2. The lowest BCUT2D eigenvalue weighted by Gasteiger charge is -2.42. The summed E-state index contributed by atoms with van der Waals surface area (Å²) in [4.78, 5) is 29.2. The lowest BCUT2D eigenvalue weighted by molar-refractivity contribution is -0.151. The number of likely N-dealkylation sites (tertiary alicyclic amines) is 1. The molecule has 2 fully saturated rings. The zero-order chi connectivity index (χ0) is 15.6. The Balaban J connectivity index is 2.11. The Morgan fingerprint density at radius 2 is 2.05 bits per heavy atom. The number of rotatable bonds is 4. The molecule has 2 amide bonds. The molecule has 3 unspecified atom stereocenters. The quantitative estimate of drug-likeness (QED) is 0.845. The van der Waals surface area contributed by atoms with E-state index in [2.05, 4.69) is 17.3 Å². The first-order valence-electron chi connectivity index (χ1n) is 8.23. The number of carbonyl (C=O) groups excluding carboxylic acids is 2. The lowest BCUT2D eigenvalue weighted by Crippen LogP contribution is -2.65. The number of piperazine rings is 1. The van der Waals surface area contributed by atoms with Gasteiger partial charge in [-0.2, -0.15) is 0 Å². The maximum absolute atomic E-state index is 12.7. The number of nitrogens with zero attached hydrogens (tertiary/aromatic N) is 2. The number of piperidine rings is 1. The van der Waals surface area contributed by atoms with Crippen LogP contribution in [-0.4, -0.2) is 60.4 Å². The predicted octanol–water partition coefficient (Wildman–Crippen LogP) is 1.09. The van der Waals surface area contributed by atoms with E-state index in [1.165, 1.54) is 6.42 Å². The van der Waals surface area contributed by atoms with Crippen LogP contribution in [-0.2, 0) is 9.59 Å². The third-order valence-electron chi connectivity index (χ3n) is 4.76. The van der Waals surface area contributed by atoms with E-state index in [1.807, 2.05) is 25.7 Å². The summed E-state index contributed by atoms with van der Waals surface area (Å²) in [6.45, 7) is 8.83. The van der Waals surface area contributed by atoms with Gasteiger partial charge in [0.1, 0.15) is 12.1 Å². The van der Waals surface area contributed by atoms with E-state index in [4.69, 9.17) is 0 Å². The van der Waals surface area contributed by atoms with Gasteiger partial charge in [-0.1, -0.05) is 20.8 Å². The molecule has 0 spiro atoms. The van der Waals surface area contributed by atoms with Gasteiger partial charge < -0.3 is 15.1 Å². The summed E-state index contributed by atoms with van der Waals surface area (Å²) >= 11 is 0. The van der Waals surface area contributed by atoms with Crippen LogP contribution in [0.5, 0.6) is 0 Å². The Morgan fingerprint density at radius 3 is 2.62 bits per heavy atom. The second-order valence-corrected chi connectivity index (χ2v) is 6.92. The lowest BCUT2D eigenvalue weighted by atomic mass is 9.93. The molecular formula is C16H29N3O2. The van der Waals surface area contributed by atoms with Crippen LogP contribution in [0.1, 0.15) is 40.0 Å². The summed E-state index contributed by atoms with van der Waals surface area (Å²) in [5, 5.41) is 2.90. The van der Waals surface area contributed by atoms with Gasteiger partial charge in [-0.05, 0) is 44.7 Å². The van der Waals surface area contributed by atoms with Gasteiger partial charge in [0.15, 0.2) is 0 Å². The fraction of sp³-hybridized carbons (Fsp3) is 0.875. The largest absolute Gasteiger partial charge is 0.342 e. The molecule has 2 heterocycles. The summed E-state index contributed by atoms with van der Waals surface area (Å²) in [6.07, 6.45) is 3.02. The highest BCUT2D eigenvalue weighted by molar-refractivity contribution is 5.97. The summed E-state index contributed by atoms with van der Waals surface area (Å²) < 4.78 is 0. The molecule has 120 valence electrons. The summed E-state index contributed by atoms with van der Waals surface area (Å²) in [5.74, 6) is 0.737. The topological polar surface area (TPSA) is 52.7 Å². The molecule has 1 N–H and O–H groups in total. The van der Waals surface area contributed by atoms with E-state index in [0.29, 0.717) is 12.3 Å². The molecule has 0 aromatic heterocycles. The van der Waals surface area contributed by atoms with E-state index < -0.39 is 0 Å². The van der Waals surface area contributed by atoms with Crippen molar-refractivity contribution in [3.8, 4) is 0 Å². The molecule has 2 aliphatic heterocycles. The molecule has 2 rings (SSSR count). The number of nitrogens with one attached hydrogen (secondary N) is 1. The van der Waals surface area contributed by atoms with Crippen molar-refractivity contribution in [2.24, 2.45) is 11.8 Å². The van der Waals surface area contributed by atoms with Crippen LogP contribution in [0.4, 0.5) is 0 Å². The van der Waals surface area contributed by atoms with Crippen molar-refractivity contribution in [2.45, 2.75) is 52.1 Å². The average molecular weight is 295 g/mol. The number of hydrogen-bond donors (Lipinski definition) is 1. The summed E-state index contributed by atoms with van der Waals surface area (Å²) in [7, 11) is 2.13. The minimum Gasteiger partial charge on any atom is -0.342 e. The second kappa shape index (κ2) is 6.77. The molecule has 21 heavy (non-hydrogen) atoms. The Kier molecular flexibility index (Phi) is 5.25. The standard InChI is InChI=1S/C16H29N3O2/c1-5-13-15(20)17-14(11(2)3)16(21)19(13)10-12-7-6-8-18(4)9-12/h11-14H,5-10H2,1-4H3,(H,17,20). The third kappa shape index (κ3) is 3.57. The normalized spacial score (nSPS) is 31.7. The highest BCUT2D eigenvalue weighted by atomic mass is 16.2. The molecule has 3 atom stereocenters. The highest BCUT2D eigenvalue weighted by Crippen LogP contribution is 2.22. The fourth-order valence-corrected chi connectivity index (χ4v) is 3.56. The second-order valence-electron chi connectivity index (χ2n) is 6.92. The van der Waals surface area contributed by atoms with Gasteiger partial charge in [0.05, 0.1) is 0 Å². The van der Waals surface area contributed by atoms with Crippen molar-refractivity contribution in [1.29, 1.82) is 0 Å². The predicted molar refractivity (Wildman–Crippen MR) is 82.8 cm³/mol. The molecule has 0 saturated carbocycles. The molecule has 0 radical (unpaired) electrons. The first-order chi connectivity index (χ1) is 9.93. The molecule has 0 aromatic rings. The van der Waals surface area contributed by atoms with Crippen molar-refractivity contribution in [3.63, 3.8) is 0 Å². The molecule has 5 heteroatoms. The van der Waals surface area contributed by atoms with Gasteiger partial charge in [-0.15, -0.1) is 0 Å². The Labute approximate surface area is 128 Å². The van der Waals surface area contributed by atoms with Gasteiger partial charge in [-0.25, -0.2) is 0 Å². The van der Waals surface area contributed by atoms with E-state index in [1.54, 1.807) is 0 Å². The Morgan fingerprint density at radius 1 is 1.33 bits per heavy atom. The molecule has 0 bridgehead atoms. The molecule has 0 aromatic carbocycles. The van der Waals surface area contributed by atoms with E-state index >= 15 is 0 Å². The molecular weight excluding hydrogens is 266 g/mol. The van der Waals surface area contributed by atoms with Crippen molar-refractivity contribution < 1.29 is 9.59 Å². The SMILES string of the molecule is CCC1C(=O)NC(C(C)C)C(=O)N1CC1CCCN(C)C1. The van der Waals surface area contributed by atoms with Gasteiger partial charge in [-0.3, -0.25) is 9.59 Å². The first-order valence-corrected chi connectivity index (χ1v) is 8.23. The smallest absolute Gasteiger partial charge is 0.246 e. The van der Waals surface area contributed by atoms with Crippen LogP contribution in [0.3, 0.4) is 0 Å². The van der Waals surface area contributed by atoms with Gasteiger partial charge >= 0.3 is 0 Å². The minimum atomic E-state index is -0.360. The van der Waals surface area contributed by atoms with Crippen LogP contribution in [0.25, 0.3) is 0 Å². The summed E-state index contributed by atoms with van der Waals surface area (Å²) in [6, 6.07) is -0.652. The van der Waals surface area contributed by atoms with Crippen LogP contribution in [0.15, 0.2) is 0 Å². The zero-order valence-electron chi connectivity index (χ0n) is 13.8. The van der Waals surface area contributed by atoms with Crippen molar-refractivity contribution >= 4 is 11.8 Å². The van der Waals surface area contributed by atoms with Gasteiger partial charge in [0.25, 0.3) is 0 Å². The van der Waals surface area contributed by atoms with Crippen molar-refractivity contribution in [2.75, 3.05) is 26.7 Å². The Bertz CT molecular complexity index is 397. The molecule has 2 aliphatic rings. The third-order valence-corrected chi connectivity index (χ3v) is 4.76. The number of amides is 2. The minimum absolute atomic E-state index is 0.0139. The summed E-state index contributed by atoms with van der Waals surface area (Å²) in [5.41, 5.74) is 0. The van der Waals surface area contributed by atoms with E-state index in [0.717, 1.165) is 26.1 Å². The van der Waals surface area contributed by atoms with E-state index in [9.17, 15) is 9.59 Å². The van der Waals surface area contributed by atoms with Crippen LogP contribution in [0, 0.1) is 11.8 Å². The molecule has 2 saturated heterocycles. The fourth-order valence-electron chi connectivity index (χ4n) is 3.56. The Hall–Kier alpha value is -1.10. The van der Waals surface area contributed by atoms with Gasteiger partial charge in [0.2, 0.25) is 11.8 Å². The maximum Gasteiger partial charge on any atom is 0.246 e. The monoisotopic (exact) mass is 295 g/mol. The molecule has 5 nitrogen and oxygen atoms in total. The zero-order valence-corrected chi connectivity index (χ0v) is 13.8. The highest BCUT2D eigenvalue weighted by Gasteiger charge is 2.41. The van der Waals surface area contributed by atoms with Crippen LogP contribution < -0.4 is 5.32 Å². The van der Waals surface area contributed by atoms with Crippen molar-refractivity contribution in [1.82, 2.24) is 15.1 Å². The maximum atomic E-state index is 12.7. The first kappa shape index (κ1) is 16.3. The van der Waals surface area contributed by atoms with Crippen LogP contribution >= 0.6 is 0 Å². The van der Waals surface area contributed by atoms with Crippen LogP contribution in [0.2, 0.25) is 0 Å². The van der Waals surface area contributed by atoms with Gasteiger partial charge in [0, 0.05) is 13.1 Å². The van der Waals surface area contributed by atoms with E-state index in [-0.39, 0.29) is 29.8 Å². The average Bonchev–Trinajstić information content (AvgIpc) is 2.42. The molecule has 0 aliphatic carbocycles. The van der Waals surface area contributed by atoms with Crippen molar-refractivity contribution in [3.05, 3.63) is 0 Å². The number of hydrogen-bond acceptors (Lipinski definition) is 3.